The summed E-state index contributed by atoms with van der Waals surface area (Å²) in [6.07, 6.45) is -10.00. The van der Waals surface area contributed by atoms with Crippen LogP contribution in [0.1, 0.15) is 0 Å². The fourth-order valence-electron chi connectivity index (χ4n) is 2.06. The van der Waals surface area contributed by atoms with Gasteiger partial charge in [0.25, 0.3) is 0 Å². The molecule has 9 heteroatoms. The van der Waals surface area contributed by atoms with E-state index in [9.17, 15) is 20.4 Å². The van der Waals surface area contributed by atoms with Crippen molar-refractivity contribution in [1.82, 2.24) is 0 Å². The fourth-order valence-corrected chi connectivity index (χ4v) is 2.06. The standard InChI is InChI=1S/C10H18O9/c11-1-3-5(12)8(15)10(19-3)17-2-4-6(13)7(14)9(16)18-4/h3-16H,1-2H2/t3-,4?,5+,6?,7?,8+,9?,10-/m1/s1. The lowest BCUT2D eigenvalue weighted by Crippen LogP contribution is -2.38. The number of hydrogen-bond donors (Lipinski definition) is 6. The third kappa shape index (κ3) is 2.89. The van der Waals surface area contributed by atoms with Crippen molar-refractivity contribution in [1.29, 1.82) is 0 Å². The molecule has 0 radical (unpaired) electrons. The molecule has 2 aliphatic heterocycles. The van der Waals surface area contributed by atoms with E-state index in [1.54, 1.807) is 0 Å². The Kier molecular flexibility index (Phi) is 4.71. The lowest BCUT2D eigenvalue weighted by Gasteiger charge is -2.19. The van der Waals surface area contributed by atoms with Gasteiger partial charge in [0.1, 0.15) is 36.6 Å². The second-order valence-electron chi connectivity index (χ2n) is 4.59. The van der Waals surface area contributed by atoms with Gasteiger partial charge in [-0.05, 0) is 0 Å². The molecule has 2 rings (SSSR count). The molecule has 112 valence electrons. The highest BCUT2D eigenvalue weighted by Crippen LogP contribution is 2.24. The minimum Gasteiger partial charge on any atom is -0.394 e. The average molecular weight is 282 g/mol. The average Bonchev–Trinajstić information content (AvgIpc) is 2.81. The molecular weight excluding hydrogens is 264 g/mol. The van der Waals surface area contributed by atoms with Gasteiger partial charge >= 0.3 is 0 Å². The van der Waals surface area contributed by atoms with Crippen molar-refractivity contribution < 1.29 is 44.8 Å². The summed E-state index contributed by atoms with van der Waals surface area (Å²) in [5.74, 6) is 0. The van der Waals surface area contributed by atoms with Gasteiger partial charge in [0, 0.05) is 0 Å². The summed E-state index contributed by atoms with van der Waals surface area (Å²) in [7, 11) is 0. The zero-order valence-electron chi connectivity index (χ0n) is 9.94. The molecule has 2 heterocycles. The highest BCUT2D eigenvalue weighted by molar-refractivity contribution is 4.88. The lowest BCUT2D eigenvalue weighted by atomic mass is 10.1. The molecule has 6 N–H and O–H groups in total. The molecule has 4 unspecified atom stereocenters. The highest BCUT2D eigenvalue weighted by Gasteiger charge is 2.46. The zero-order valence-corrected chi connectivity index (χ0v) is 9.94. The number of ether oxygens (including phenoxy) is 3. The first kappa shape index (κ1) is 15.0. The van der Waals surface area contributed by atoms with Crippen LogP contribution in [0.15, 0.2) is 0 Å². The van der Waals surface area contributed by atoms with Crippen molar-refractivity contribution in [3.05, 3.63) is 0 Å². The van der Waals surface area contributed by atoms with Crippen LogP contribution in [0, 0.1) is 0 Å². The summed E-state index contributed by atoms with van der Waals surface area (Å²) in [6.45, 7) is -0.736. The number of hydrogen-bond acceptors (Lipinski definition) is 9. The summed E-state index contributed by atoms with van der Waals surface area (Å²) < 4.78 is 15.0. The van der Waals surface area contributed by atoms with E-state index in [1.807, 2.05) is 0 Å². The Hall–Kier alpha value is -0.360. The van der Waals surface area contributed by atoms with Crippen LogP contribution in [0.3, 0.4) is 0 Å². The van der Waals surface area contributed by atoms with Gasteiger partial charge in [-0.1, -0.05) is 0 Å². The molecule has 19 heavy (non-hydrogen) atoms. The van der Waals surface area contributed by atoms with E-state index < -0.39 is 55.8 Å². The molecule has 2 fully saturated rings. The maximum Gasteiger partial charge on any atom is 0.186 e. The minimum atomic E-state index is -1.51. The smallest absolute Gasteiger partial charge is 0.186 e. The molecule has 8 atom stereocenters. The van der Waals surface area contributed by atoms with Crippen molar-refractivity contribution >= 4 is 0 Å². The van der Waals surface area contributed by atoms with Gasteiger partial charge in [-0.15, -0.1) is 0 Å². The molecule has 0 aromatic heterocycles. The predicted molar refractivity (Wildman–Crippen MR) is 56.6 cm³/mol. The summed E-state index contributed by atoms with van der Waals surface area (Å²) in [5.41, 5.74) is 0. The normalized spacial score (nSPS) is 50.8. The number of rotatable bonds is 4. The van der Waals surface area contributed by atoms with Gasteiger partial charge in [0.05, 0.1) is 13.2 Å². The maximum atomic E-state index is 9.59. The molecule has 0 bridgehead atoms. The van der Waals surface area contributed by atoms with E-state index in [-0.39, 0.29) is 6.61 Å². The molecule has 0 aromatic rings. The first-order valence-corrected chi connectivity index (χ1v) is 5.89. The minimum absolute atomic E-state index is 0.262. The third-order valence-electron chi connectivity index (χ3n) is 3.26. The van der Waals surface area contributed by atoms with E-state index >= 15 is 0 Å². The molecule has 2 saturated heterocycles. The van der Waals surface area contributed by atoms with Crippen molar-refractivity contribution in [2.45, 2.75) is 49.2 Å². The monoisotopic (exact) mass is 282 g/mol. The number of aliphatic hydroxyl groups excluding tert-OH is 6. The van der Waals surface area contributed by atoms with Gasteiger partial charge in [-0.25, -0.2) is 0 Å². The Morgan fingerprint density at radius 3 is 1.89 bits per heavy atom. The molecule has 0 aromatic carbocycles. The Labute approximate surface area is 108 Å². The first-order valence-electron chi connectivity index (χ1n) is 5.89. The van der Waals surface area contributed by atoms with E-state index in [4.69, 9.17) is 24.4 Å². The highest BCUT2D eigenvalue weighted by atomic mass is 16.7. The lowest BCUT2D eigenvalue weighted by molar-refractivity contribution is -0.197. The van der Waals surface area contributed by atoms with Crippen molar-refractivity contribution in [2.24, 2.45) is 0 Å². The van der Waals surface area contributed by atoms with Gasteiger partial charge in [-0.2, -0.15) is 0 Å². The summed E-state index contributed by atoms with van der Waals surface area (Å²) >= 11 is 0. The summed E-state index contributed by atoms with van der Waals surface area (Å²) in [5, 5.41) is 55.9. The van der Waals surface area contributed by atoms with Crippen LogP contribution in [0.4, 0.5) is 0 Å². The van der Waals surface area contributed by atoms with E-state index in [0.717, 1.165) is 0 Å². The Morgan fingerprint density at radius 2 is 1.42 bits per heavy atom. The summed E-state index contributed by atoms with van der Waals surface area (Å²) in [6, 6.07) is 0. The Bertz CT molecular complexity index is 301. The number of aliphatic hydroxyl groups is 6. The fraction of sp³-hybridized carbons (Fsp3) is 1.00. The molecule has 0 saturated carbocycles. The van der Waals surface area contributed by atoms with Crippen LogP contribution in [0.25, 0.3) is 0 Å². The SMILES string of the molecule is OC[C@H]1O[C@@H](OCC2OC(O)C(O)C2O)[C@@H](O)[C@H]1O. The van der Waals surface area contributed by atoms with E-state index in [1.165, 1.54) is 0 Å². The van der Waals surface area contributed by atoms with Crippen molar-refractivity contribution in [3.8, 4) is 0 Å². The van der Waals surface area contributed by atoms with Gasteiger partial charge < -0.3 is 44.8 Å². The topological polar surface area (TPSA) is 149 Å². The van der Waals surface area contributed by atoms with Crippen LogP contribution in [0.5, 0.6) is 0 Å². The molecule has 2 aliphatic rings. The van der Waals surface area contributed by atoms with Crippen molar-refractivity contribution in [2.75, 3.05) is 13.2 Å². The second-order valence-corrected chi connectivity index (χ2v) is 4.59. The first-order chi connectivity index (χ1) is 8.95. The molecular formula is C10H18O9. The van der Waals surface area contributed by atoms with Crippen LogP contribution in [-0.4, -0.2) is 93.1 Å². The van der Waals surface area contributed by atoms with Gasteiger partial charge in [-0.3, -0.25) is 0 Å². The summed E-state index contributed by atoms with van der Waals surface area (Å²) in [4.78, 5) is 0. The molecule has 9 nitrogen and oxygen atoms in total. The van der Waals surface area contributed by atoms with Crippen LogP contribution in [-0.2, 0) is 14.2 Å². The third-order valence-corrected chi connectivity index (χ3v) is 3.26. The maximum absolute atomic E-state index is 9.59. The molecule has 0 aliphatic carbocycles. The van der Waals surface area contributed by atoms with E-state index in [0.29, 0.717) is 0 Å². The van der Waals surface area contributed by atoms with Gasteiger partial charge in [0.2, 0.25) is 0 Å². The quantitative estimate of drug-likeness (QED) is 0.302. The van der Waals surface area contributed by atoms with Crippen molar-refractivity contribution in [3.63, 3.8) is 0 Å². The molecule has 0 spiro atoms. The zero-order chi connectivity index (χ0) is 14.2. The Balaban J connectivity index is 1.83. The van der Waals surface area contributed by atoms with E-state index in [2.05, 4.69) is 0 Å². The predicted octanol–water partition coefficient (Wildman–Crippen LogP) is -4.12. The van der Waals surface area contributed by atoms with Crippen LogP contribution in [0.2, 0.25) is 0 Å². The second kappa shape index (κ2) is 5.95. The largest absolute Gasteiger partial charge is 0.394 e. The Morgan fingerprint density at radius 1 is 0.789 bits per heavy atom. The van der Waals surface area contributed by atoms with Gasteiger partial charge in [0.15, 0.2) is 12.6 Å². The van der Waals surface area contributed by atoms with Crippen LogP contribution < -0.4 is 0 Å². The van der Waals surface area contributed by atoms with Crippen LogP contribution >= 0.6 is 0 Å². The molecule has 0 amide bonds.